The average molecular weight is 325 g/mol. The number of pyridine rings is 2. The summed E-state index contributed by atoms with van der Waals surface area (Å²) in [4.78, 5) is 24.9. The van der Waals surface area contributed by atoms with Gasteiger partial charge in [-0.1, -0.05) is 6.07 Å². The standard InChI is InChI=1S/C18H23N5O/c24-18(14-21-17-5-2-7-20-13-17)23-9-3-8-22(10-11-23)15-16-4-1-6-19-12-16/h1-2,4-7,12-13,21H,3,8-11,14-15H2. The first-order valence-electron chi connectivity index (χ1n) is 8.34. The minimum Gasteiger partial charge on any atom is -0.375 e. The highest BCUT2D eigenvalue weighted by atomic mass is 16.2. The highest BCUT2D eigenvalue weighted by Crippen LogP contribution is 2.09. The SMILES string of the molecule is O=C(CNc1cccnc1)N1CCCN(Cc2cccnc2)CC1. The number of carbonyl (C=O) groups is 1. The molecule has 0 aromatic carbocycles. The summed E-state index contributed by atoms with van der Waals surface area (Å²) in [5.41, 5.74) is 2.09. The molecule has 0 saturated carbocycles. The van der Waals surface area contributed by atoms with E-state index in [0.29, 0.717) is 6.54 Å². The van der Waals surface area contributed by atoms with Crippen molar-refractivity contribution in [2.45, 2.75) is 13.0 Å². The Bertz CT molecular complexity index is 634. The van der Waals surface area contributed by atoms with E-state index in [0.717, 1.165) is 44.8 Å². The van der Waals surface area contributed by atoms with Gasteiger partial charge >= 0.3 is 0 Å². The molecule has 0 aliphatic carbocycles. The molecule has 2 aromatic rings. The summed E-state index contributed by atoms with van der Waals surface area (Å²) < 4.78 is 0. The molecule has 0 atom stereocenters. The van der Waals surface area contributed by atoms with Crippen LogP contribution in [-0.2, 0) is 11.3 Å². The molecule has 1 amide bonds. The summed E-state index contributed by atoms with van der Waals surface area (Å²) in [6, 6.07) is 7.83. The lowest BCUT2D eigenvalue weighted by molar-refractivity contribution is -0.129. The van der Waals surface area contributed by atoms with E-state index < -0.39 is 0 Å². The smallest absolute Gasteiger partial charge is 0.241 e. The normalized spacial score (nSPS) is 15.8. The molecule has 24 heavy (non-hydrogen) atoms. The van der Waals surface area contributed by atoms with Crippen molar-refractivity contribution in [3.05, 3.63) is 54.6 Å². The predicted molar refractivity (Wildman–Crippen MR) is 93.4 cm³/mol. The van der Waals surface area contributed by atoms with Gasteiger partial charge in [0, 0.05) is 57.5 Å². The third kappa shape index (κ3) is 4.76. The lowest BCUT2D eigenvalue weighted by Gasteiger charge is -2.22. The molecule has 3 heterocycles. The van der Waals surface area contributed by atoms with Gasteiger partial charge in [0.1, 0.15) is 0 Å². The summed E-state index contributed by atoms with van der Waals surface area (Å²) in [7, 11) is 0. The van der Waals surface area contributed by atoms with Gasteiger partial charge in [0.2, 0.25) is 5.91 Å². The first kappa shape index (κ1) is 16.4. The van der Waals surface area contributed by atoms with Crippen LogP contribution in [0.15, 0.2) is 49.1 Å². The summed E-state index contributed by atoms with van der Waals surface area (Å²) in [6.45, 7) is 4.70. The van der Waals surface area contributed by atoms with Crippen LogP contribution in [0.4, 0.5) is 5.69 Å². The van der Waals surface area contributed by atoms with E-state index in [-0.39, 0.29) is 5.91 Å². The van der Waals surface area contributed by atoms with Crippen LogP contribution in [0.5, 0.6) is 0 Å². The minimum atomic E-state index is 0.141. The molecule has 6 heteroatoms. The van der Waals surface area contributed by atoms with Crippen LogP contribution in [0.2, 0.25) is 0 Å². The lowest BCUT2D eigenvalue weighted by atomic mass is 10.2. The van der Waals surface area contributed by atoms with Crippen molar-refractivity contribution in [1.29, 1.82) is 0 Å². The Morgan fingerprint density at radius 3 is 2.62 bits per heavy atom. The molecule has 126 valence electrons. The fourth-order valence-electron chi connectivity index (χ4n) is 2.89. The van der Waals surface area contributed by atoms with Crippen molar-refractivity contribution in [2.75, 3.05) is 38.0 Å². The van der Waals surface area contributed by atoms with Gasteiger partial charge < -0.3 is 10.2 Å². The molecule has 2 aromatic heterocycles. The second kappa shape index (κ2) is 8.40. The molecule has 1 aliphatic rings. The maximum Gasteiger partial charge on any atom is 0.241 e. The Kier molecular flexibility index (Phi) is 5.74. The van der Waals surface area contributed by atoms with Crippen LogP contribution in [0.25, 0.3) is 0 Å². The second-order valence-corrected chi connectivity index (χ2v) is 5.97. The summed E-state index contributed by atoms with van der Waals surface area (Å²) in [5.74, 6) is 0.141. The maximum atomic E-state index is 12.4. The van der Waals surface area contributed by atoms with Crippen LogP contribution >= 0.6 is 0 Å². The molecule has 3 rings (SSSR count). The van der Waals surface area contributed by atoms with Gasteiger partial charge in [-0.15, -0.1) is 0 Å². The van der Waals surface area contributed by atoms with E-state index >= 15 is 0 Å². The van der Waals surface area contributed by atoms with Crippen molar-refractivity contribution in [1.82, 2.24) is 19.8 Å². The Hall–Kier alpha value is -2.47. The highest BCUT2D eigenvalue weighted by Gasteiger charge is 2.19. The van der Waals surface area contributed by atoms with Crippen molar-refractivity contribution in [2.24, 2.45) is 0 Å². The number of carbonyl (C=O) groups excluding carboxylic acids is 1. The second-order valence-electron chi connectivity index (χ2n) is 5.97. The molecule has 1 saturated heterocycles. The maximum absolute atomic E-state index is 12.4. The Labute approximate surface area is 142 Å². The number of aromatic nitrogens is 2. The average Bonchev–Trinajstić information content (AvgIpc) is 2.87. The van der Waals surface area contributed by atoms with E-state index in [9.17, 15) is 4.79 Å². The lowest BCUT2D eigenvalue weighted by Crippen LogP contribution is -2.38. The first-order valence-corrected chi connectivity index (χ1v) is 8.34. The Balaban J connectivity index is 1.47. The van der Waals surface area contributed by atoms with Gasteiger partial charge in [-0.05, 0) is 30.2 Å². The van der Waals surface area contributed by atoms with E-state index in [1.165, 1.54) is 5.56 Å². The van der Waals surface area contributed by atoms with Crippen LogP contribution in [0, 0.1) is 0 Å². The summed E-state index contributed by atoms with van der Waals surface area (Å²) in [5, 5.41) is 3.14. The molecule has 0 radical (unpaired) electrons. The van der Waals surface area contributed by atoms with Gasteiger partial charge in [0.05, 0.1) is 12.2 Å². The number of hydrogen-bond acceptors (Lipinski definition) is 5. The fourth-order valence-corrected chi connectivity index (χ4v) is 2.89. The first-order chi connectivity index (χ1) is 11.8. The monoisotopic (exact) mass is 325 g/mol. The number of anilines is 1. The molecule has 0 bridgehead atoms. The Morgan fingerprint density at radius 2 is 1.88 bits per heavy atom. The largest absolute Gasteiger partial charge is 0.375 e. The third-order valence-electron chi connectivity index (χ3n) is 4.18. The Morgan fingerprint density at radius 1 is 1.04 bits per heavy atom. The van der Waals surface area contributed by atoms with E-state index in [1.54, 1.807) is 18.6 Å². The number of amides is 1. The highest BCUT2D eigenvalue weighted by molar-refractivity contribution is 5.80. The van der Waals surface area contributed by atoms with Crippen LogP contribution in [0.3, 0.4) is 0 Å². The minimum absolute atomic E-state index is 0.141. The zero-order valence-electron chi connectivity index (χ0n) is 13.8. The van der Waals surface area contributed by atoms with E-state index in [1.807, 2.05) is 29.3 Å². The number of hydrogen-bond donors (Lipinski definition) is 1. The molecule has 1 fully saturated rings. The van der Waals surface area contributed by atoms with Crippen molar-refractivity contribution in [3.8, 4) is 0 Å². The van der Waals surface area contributed by atoms with Gasteiger partial charge in [-0.3, -0.25) is 19.7 Å². The van der Waals surface area contributed by atoms with Crippen LogP contribution < -0.4 is 5.32 Å². The van der Waals surface area contributed by atoms with Crippen molar-refractivity contribution < 1.29 is 4.79 Å². The van der Waals surface area contributed by atoms with Gasteiger partial charge in [0.15, 0.2) is 0 Å². The molecule has 6 nitrogen and oxygen atoms in total. The molecule has 0 unspecified atom stereocenters. The fraction of sp³-hybridized carbons (Fsp3) is 0.389. The van der Waals surface area contributed by atoms with E-state index in [2.05, 4.69) is 26.3 Å². The number of rotatable bonds is 5. The van der Waals surface area contributed by atoms with Gasteiger partial charge in [-0.2, -0.15) is 0 Å². The molecular weight excluding hydrogens is 302 g/mol. The predicted octanol–water partition coefficient (Wildman–Crippen LogP) is 1.62. The van der Waals surface area contributed by atoms with Crippen LogP contribution in [-0.4, -0.2) is 58.4 Å². The van der Waals surface area contributed by atoms with Gasteiger partial charge in [0.25, 0.3) is 0 Å². The third-order valence-corrected chi connectivity index (χ3v) is 4.18. The zero-order valence-corrected chi connectivity index (χ0v) is 13.8. The molecular formula is C18H23N5O. The summed E-state index contributed by atoms with van der Waals surface area (Å²) in [6.07, 6.45) is 8.15. The topological polar surface area (TPSA) is 61.4 Å². The quantitative estimate of drug-likeness (QED) is 0.905. The number of nitrogens with one attached hydrogen (secondary N) is 1. The number of nitrogens with zero attached hydrogens (tertiary/aromatic N) is 4. The van der Waals surface area contributed by atoms with E-state index in [4.69, 9.17) is 0 Å². The molecule has 0 spiro atoms. The van der Waals surface area contributed by atoms with Crippen molar-refractivity contribution in [3.63, 3.8) is 0 Å². The molecule has 1 aliphatic heterocycles. The molecule has 1 N–H and O–H groups in total. The zero-order chi connectivity index (χ0) is 16.6. The van der Waals surface area contributed by atoms with Crippen molar-refractivity contribution >= 4 is 11.6 Å². The van der Waals surface area contributed by atoms with Crippen LogP contribution in [0.1, 0.15) is 12.0 Å². The van der Waals surface area contributed by atoms with Gasteiger partial charge in [-0.25, -0.2) is 0 Å². The summed E-state index contributed by atoms with van der Waals surface area (Å²) >= 11 is 0.